The number of likely N-dealkylation sites (tertiary alicyclic amines) is 1. The monoisotopic (exact) mass is 795 g/mol. The Hall–Kier alpha value is -5.23. The van der Waals surface area contributed by atoms with E-state index in [-0.39, 0.29) is 87.1 Å². The number of carbonyl (C=O) groups is 6. The molecule has 0 unspecified atom stereocenters. The molecule has 2 atom stereocenters. The van der Waals surface area contributed by atoms with Gasteiger partial charge in [-0.3, -0.25) is 24.0 Å². The summed E-state index contributed by atoms with van der Waals surface area (Å²) < 4.78 is 23.1. The summed E-state index contributed by atoms with van der Waals surface area (Å²) in [6.45, 7) is 5.85. The van der Waals surface area contributed by atoms with E-state index in [1.165, 1.54) is 25.6 Å². The van der Waals surface area contributed by atoms with Crippen LogP contribution in [-0.2, 0) is 38.2 Å². The molecular weight excluding hydrogens is 742 g/mol. The van der Waals surface area contributed by atoms with Crippen molar-refractivity contribution in [3.05, 3.63) is 42.1 Å². The Morgan fingerprint density at radius 1 is 0.947 bits per heavy atom. The lowest BCUT2D eigenvalue weighted by Gasteiger charge is -2.40. The van der Waals surface area contributed by atoms with E-state index in [1.807, 2.05) is 13.0 Å². The van der Waals surface area contributed by atoms with Gasteiger partial charge in [-0.2, -0.15) is 5.10 Å². The summed E-state index contributed by atoms with van der Waals surface area (Å²) in [5.41, 5.74) is 0.244. The minimum absolute atomic E-state index is 0.0544. The van der Waals surface area contributed by atoms with E-state index in [1.54, 1.807) is 31.2 Å². The van der Waals surface area contributed by atoms with Crippen LogP contribution in [0.25, 0.3) is 5.69 Å². The fourth-order valence-electron chi connectivity index (χ4n) is 7.05. The fraction of sp³-hybridized carbons (Fsp3) is 0.615. The molecule has 1 aliphatic carbocycles. The third kappa shape index (κ3) is 10.6. The fourth-order valence-corrected chi connectivity index (χ4v) is 7.05. The maximum Gasteiger partial charge on any atom is 0.527 e. The molecule has 4 aliphatic rings. The third-order valence-electron chi connectivity index (χ3n) is 10.9. The van der Waals surface area contributed by atoms with E-state index in [9.17, 15) is 28.8 Å². The zero-order chi connectivity index (χ0) is 40.4. The number of esters is 1. The van der Waals surface area contributed by atoms with Crippen molar-refractivity contribution in [1.82, 2.24) is 35.3 Å². The van der Waals surface area contributed by atoms with Crippen LogP contribution in [0.15, 0.2) is 36.4 Å². The highest BCUT2D eigenvalue weighted by Crippen LogP contribution is 2.31. The number of hydrogen-bond donors (Lipinski definition) is 2. The molecular formula is C39H53N7O11. The molecule has 4 heterocycles. The molecule has 18 heteroatoms. The first kappa shape index (κ1) is 41.4. The molecule has 1 aromatic carbocycles. The second-order valence-corrected chi connectivity index (χ2v) is 14.9. The number of hydrogen-bond acceptors (Lipinski definition) is 13. The van der Waals surface area contributed by atoms with Gasteiger partial charge in [-0.15, -0.1) is 5.06 Å². The summed E-state index contributed by atoms with van der Waals surface area (Å²) in [6.07, 6.45) is 3.98. The van der Waals surface area contributed by atoms with Crippen LogP contribution in [0.2, 0.25) is 0 Å². The average Bonchev–Trinajstić information content (AvgIpc) is 3.86. The number of piperazine rings is 1. The molecule has 2 aromatic rings. The Labute approximate surface area is 331 Å². The van der Waals surface area contributed by atoms with Crippen LogP contribution in [0.5, 0.6) is 5.88 Å². The Bertz CT molecular complexity index is 1730. The van der Waals surface area contributed by atoms with Crippen molar-refractivity contribution in [2.24, 2.45) is 5.41 Å². The molecule has 1 aromatic heterocycles. The molecule has 4 fully saturated rings. The van der Waals surface area contributed by atoms with E-state index in [0.717, 1.165) is 25.7 Å². The maximum absolute atomic E-state index is 13.9. The van der Waals surface area contributed by atoms with Gasteiger partial charge in [0.25, 0.3) is 11.8 Å². The quantitative estimate of drug-likeness (QED) is 0.221. The van der Waals surface area contributed by atoms with E-state index < -0.39 is 42.6 Å². The largest absolute Gasteiger partial charge is 0.527 e. The van der Waals surface area contributed by atoms with Crippen LogP contribution in [0.3, 0.4) is 0 Å². The van der Waals surface area contributed by atoms with Gasteiger partial charge >= 0.3 is 12.1 Å². The first-order chi connectivity index (χ1) is 27.6. The van der Waals surface area contributed by atoms with Crippen molar-refractivity contribution < 1.29 is 52.6 Å². The number of carbonyl (C=O) groups excluding carboxylic acids is 6. The molecule has 0 radical (unpaired) electrons. The third-order valence-corrected chi connectivity index (χ3v) is 10.9. The van der Waals surface area contributed by atoms with E-state index in [4.69, 9.17) is 23.8 Å². The lowest BCUT2D eigenvalue weighted by atomic mass is 9.84. The molecule has 6 rings (SSSR count). The minimum Gasteiger partial charge on any atom is -0.467 e. The van der Waals surface area contributed by atoms with Crippen LogP contribution in [0, 0.1) is 5.41 Å². The smallest absolute Gasteiger partial charge is 0.467 e. The van der Waals surface area contributed by atoms with Gasteiger partial charge in [0.1, 0.15) is 18.7 Å². The predicted molar refractivity (Wildman–Crippen MR) is 201 cm³/mol. The predicted octanol–water partition coefficient (Wildman–Crippen LogP) is 1.99. The maximum atomic E-state index is 13.9. The molecule has 0 spiro atoms. The van der Waals surface area contributed by atoms with Crippen LogP contribution in [0.4, 0.5) is 4.79 Å². The van der Waals surface area contributed by atoms with Crippen molar-refractivity contribution in [2.75, 3.05) is 65.8 Å². The lowest BCUT2D eigenvalue weighted by molar-refractivity contribution is -0.170. The van der Waals surface area contributed by atoms with Crippen LogP contribution in [0.1, 0.15) is 75.7 Å². The lowest BCUT2D eigenvalue weighted by Crippen LogP contribution is -2.55. The minimum atomic E-state index is -1.14. The Morgan fingerprint density at radius 3 is 2.35 bits per heavy atom. The summed E-state index contributed by atoms with van der Waals surface area (Å²) in [4.78, 5) is 87.2. The Morgan fingerprint density at radius 2 is 1.70 bits per heavy atom. The molecule has 3 aliphatic heterocycles. The number of ether oxygens (including phenoxy) is 4. The number of nitrogens with one attached hydrogen (secondary N) is 2. The Balaban J connectivity index is 1.13. The van der Waals surface area contributed by atoms with Crippen molar-refractivity contribution in [1.29, 1.82) is 0 Å². The van der Waals surface area contributed by atoms with Gasteiger partial charge in [0.2, 0.25) is 17.7 Å². The molecule has 1 saturated carbocycles. The number of rotatable bonds is 17. The zero-order valence-corrected chi connectivity index (χ0v) is 32.7. The molecule has 310 valence electrons. The SMILES string of the molecule is CCOC(=O)ON1CCN(C(=O)[C@H](CCC(=O)OCC2(CC)COC2)NC(=O)c2cc(OCC(=O)N3CCC[C@H]3C(=O)NC3CCC3)n(-c3ccccc3)n2)CC1. The summed E-state index contributed by atoms with van der Waals surface area (Å²) >= 11 is 0. The first-order valence-corrected chi connectivity index (χ1v) is 19.9. The second kappa shape index (κ2) is 19.3. The average molecular weight is 796 g/mol. The highest BCUT2D eigenvalue weighted by atomic mass is 16.8. The second-order valence-electron chi connectivity index (χ2n) is 14.9. The van der Waals surface area contributed by atoms with Crippen molar-refractivity contribution in [3.8, 4) is 11.6 Å². The normalized spacial score (nSPS) is 19.7. The zero-order valence-electron chi connectivity index (χ0n) is 32.7. The molecule has 0 bridgehead atoms. The van der Waals surface area contributed by atoms with E-state index in [0.29, 0.717) is 38.3 Å². The number of aromatic nitrogens is 2. The summed E-state index contributed by atoms with van der Waals surface area (Å²) in [6, 6.07) is 8.73. The van der Waals surface area contributed by atoms with Crippen LogP contribution >= 0.6 is 0 Å². The van der Waals surface area contributed by atoms with Gasteiger partial charge < -0.3 is 44.2 Å². The van der Waals surface area contributed by atoms with E-state index >= 15 is 0 Å². The van der Waals surface area contributed by atoms with Gasteiger partial charge in [0.05, 0.1) is 44.0 Å². The molecule has 18 nitrogen and oxygen atoms in total. The van der Waals surface area contributed by atoms with Crippen molar-refractivity contribution in [3.63, 3.8) is 0 Å². The number of para-hydroxylation sites is 1. The topological polar surface area (TPSA) is 200 Å². The van der Waals surface area contributed by atoms with Crippen LogP contribution < -0.4 is 15.4 Å². The van der Waals surface area contributed by atoms with Gasteiger partial charge in [0.15, 0.2) is 12.3 Å². The van der Waals surface area contributed by atoms with Crippen molar-refractivity contribution >= 4 is 35.8 Å². The Kier molecular flexibility index (Phi) is 14.0. The number of nitrogens with zero attached hydrogens (tertiary/aromatic N) is 5. The summed E-state index contributed by atoms with van der Waals surface area (Å²) in [5.74, 6) is -2.07. The molecule has 2 N–H and O–H groups in total. The van der Waals surface area contributed by atoms with Gasteiger partial charge in [-0.25, -0.2) is 9.48 Å². The van der Waals surface area contributed by atoms with Crippen molar-refractivity contribution in [2.45, 2.75) is 83.3 Å². The van der Waals surface area contributed by atoms with Gasteiger partial charge in [-0.1, -0.05) is 25.1 Å². The summed E-state index contributed by atoms with van der Waals surface area (Å²) in [5, 5.41) is 11.7. The first-order valence-electron chi connectivity index (χ1n) is 19.9. The van der Waals surface area contributed by atoms with Gasteiger partial charge in [0, 0.05) is 38.2 Å². The molecule has 57 heavy (non-hydrogen) atoms. The number of amides is 4. The summed E-state index contributed by atoms with van der Waals surface area (Å²) in [7, 11) is 0. The highest BCUT2D eigenvalue weighted by molar-refractivity contribution is 5.96. The van der Waals surface area contributed by atoms with Gasteiger partial charge in [-0.05, 0) is 64.0 Å². The molecule has 4 amide bonds. The number of hydroxylamine groups is 2. The molecule has 3 saturated heterocycles. The number of benzene rings is 1. The highest BCUT2D eigenvalue weighted by Gasteiger charge is 2.39. The van der Waals surface area contributed by atoms with E-state index in [2.05, 4.69) is 15.7 Å². The van der Waals surface area contributed by atoms with Crippen LogP contribution in [-0.4, -0.2) is 144 Å². The standard InChI is InChI=1S/C39H53N7O11/c1-3-39(24-53-25-39)26-56-34(48)16-15-29(37(51)43-18-20-44(21-19-43)57-38(52)54-4-2)41-35(49)30-22-33(46(42-30)28-12-6-5-7-13-28)55-23-32(47)45-17-9-14-31(45)36(50)40-27-10-8-11-27/h5-7,12-13,22,27,29,31H,3-4,8-11,14-21,23-26H2,1-2H3,(H,40,50)(H,41,49)/t29-,31-/m0/s1.